The molecule has 0 bridgehead atoms. The molecule has 21 heavy (non-hydrogen) atoms. The smallest absolute Gasteiger partial charge is 0.343 e. The number of amides is 1. The van der Waals surface area contributed by atoms with Crippen molar-refractivity contribution in [1.29, 1.82) is 0 Å². The number of hydrogen-bond donors (Lipinski definition) is 2. The highest BCUT2D eigenvalue weighted by molar-refractivity contribution is 5.90. The second kappa shape index (κ2) is 10.0. The first-order chi connectivity index (χ1) is 9.51. The summed E-state index contributed by atoms with van der Waals surface area (Å²) in [5.41, 5.74) is 6.21. The molecule has 0 fully saturated rings. The van der Waals surface area contributed by atoms with Crippen molar-refractivity contribution in [3.63, 3.8) is 0 Å². The number of anilines is 1. The molecule has 7 heteroatoms. The largest absolute Gasteiger partial charge is 0.482 e. The maximum Gasteiger partial charge on any atom is 0.343 e. The zero-order valence-electron chi connectivity index (χ0n) is 12.1. The summed E-state index contributed by atoms with van der Waals surface area (Å²) in [5.74, 6) is -0.0795. The molecule has 0 saturated carbocycles. The second-order valence-corrected chi connectivity index (χ2v) is 4.46. The third-order valence-corrected chi connectivity index (χ3v) is 2.53. The van der Waals surface area contributed by atoms with Crippen molar-refractivity contribution in [3.8, 4) is 5.75 Å². The molecule has 0 saturated heterocycles. The van der Waals surface area contributed by atoms with E-state index in [4.69, 9.17) is 10.5 Å². The van der Waals surface area contributed by atoms with Crippen molar-refractivity contribution < 1.29 is 19.1 Å². The summed E-state index contributed by atoms with van der Waals surface area (Å²) in [7, 11) is 1.29. The Balaban J connectivity index is 0.00000400. The molecule has 0 radical (unpaired) electrons. The van der Waals surface area contributed by atoms with E-state index in [-0.39, 0.29) is 31.0 Å². The molecule has 1 rings (SSSR count). The van der Waals surface area contributed by atoms with Crippen LogP contribution in [0.5, 0.6) is 5.75 Å². The van der Waals surface area contributed by atoms with E-state index in [0.29, 0.717) is 24.3 Å². The average Bonchev–Trinajstić information content (AvgIpc) is 2.43. The van der Waals surface area contributed by atoms with Gasteiger partial charge in [-0.1, -0.05) is 6.07 Å². The number of rotatable bonds is 7. The van der Waals surface area contributed by atoms with Crippen molar-refractivity contribution in [2.45, 2.75) is 25.8 Å². The summed E-state index contributed by atoms with van der Waals surface area (Å²) in [4.78, 5) is 22.6. The lowest BCUT2D eigenvalue weighted by molar-refractivity contribution is -0.142. The maximum atomic E-state index is 11.7. The number of benzene rings is 1. The molecular formula is C14H21ClN2O4. The van der Waals surface area contributed by atoms with E-state index in [1.165, 1.54) is 7.11 Å². The van der Waals surface area contributed by atoms with Crippen LogP contribution in [0.3, 0.4) is 0 Å². The first-order valence-electron chi connectivity index (χ1n) is 6.36. The molecule has 6 nitrogen and oxygen atoms in total. The Morgan fingerprint density at radius 1 is 1.38 bits per heavy atom. The molecule has 0 spiro atoms. The van der Waals surface area contributed by atoms with Crippen LogP contribution in [-0.2, 0) is 14.3 Å². The molecule has 0 heterocycles. The minimum absolute atomic E-state index is 0. The van der Waals surface area contributed by atoms with Crippen LogP contribution in [0.15, 0.2) is 24.3 Å². The Morgan fingerprint density at radius 2 is 2.10 bits per heavy atom. The quantitative estimate of drug-likeness (QED) is 0.748. The molecule has 118 valence electrons. The Labute approximate surface area is 130 Å². The van der Waals surface area contributed by atoms with Gasteiger partial charge in [0.15, 0.2) is 6.61 Å². The van der Waals surface area contributed by atoms with Gasteiger partial charge in [0.2, 0.25) is 5.91 Å². The lowest BCUT2D eigenvalue weighted by atomic mass is 10.2. The number of methoxy groups -OCH3 is 1. The molecule has 3 N–H and O–H groups in total. The standard InChI is InChI=1S/C14H20N2O4.ClH/c1-10(15)6-7-13(17)16-11-4-3-5-12(8-11)20-9-14(18)19-2;/h3-5,8,10H,6-7,9,15H2,1-2H3,(H,16,17);1H. The normalized spacial score (nSPS) is 11.0. The topological polar surface area (TPSA) is 90.6 Å². The number of nitrogens with two attached hydrogens (primary N) is 1. The van der Waals surface area contributed by atoms with E-state index in [2.05, 4.69) is 10.1 Å². The summed E-state index contributed by atoms with van der Waals surface area (Å²) in [6.45, 7) is 1.69. The van der Waals surface area contributed by atoms with Gasteiger partial charge in [0.05, 0.1) is 7.11 Å². The highest BCUT2D eigenvalue weighted by Crippen LogP contribution is 2.17. The lowest BCUT2D eigenvalue weighted by Crippen LogP contribution is -2.19. The highest BCUT2D eigenvalue weighted by Gasteiger charge is 2.06. The molecule has 0 aliphatic carbocycles. The number of nitrogens with one attached hydrogen (secondary N) is 1. The fourth-order valence-electron chi connectivity index (χ4n) is 1.45. The van der Waals surface area contributed by atoms with E-state index in [1.807, 2.05) is 6.92 Å². The minimum Gasteiger partial charge on any atom is -0.482 e. The number of carbonyl (C=O) groups excluding carboxylic acids is 2. The van der Waals surface area contributed by atoms with Crippen LogP contribution in [0.2, 0.25) is 0 Å². The van der Waals surface area contributed by atoms with Gasteiger partial charge in [0.1, 0.15) is 5.75 Å². The minimum atomic E-state index is -0.462. The van der Waals surface area contributed by atoms with Crippen molar-refractivity contribution in [3.05, 3.63) is 24.3 Å². The average molecular weight is 317 g/mol. The number of carbonyl (C=O) groups is 2. The summed E-state index contributed by atoms with van der Waals surface area (Å²) < 4.78 is 9.71. The van der Waals surface area contributed by atoms with E-state index < -0.39 is 5.97 Å². The van der Waals surface area contributed by atoms with Crippen molar-refractivity contribution in [1.82, 2.24) is 0 Å². The van der Waals surface area contributed by atoms with Crippen LogP contribution >= 0.6 is 12.4 Å². The summed E-state index contributed by atoms with van der Waals surface area (Å²) in [6, 6.07) is 6.81. The van der Waals surface area contributed by atoms with Crippen LogP contribution in [0, 0.1) is 0 Å². The third kappa shape index (κ3) is 8.16. The zero-order chi connectivity index (χ0) is 15.0. The summed E-state index contributed by atoms with van der Waals surface area (Å²) >= 11 is 0. The molecule has 1 amide bonds. The van der Waals surface area contributed by atoms with Gasteiger partial charge >= 0.3 is 5.97 Å². The van der Waals surface area contributed by atoms with Gasteiger partial charge in [-0.05, 0) is 25.5 Å². The van der Waals surface area contributed by atoms with Gasteiger partial charge in [-0.3, -0.25) is 4.79 Å². The fraction of sp³-hybridized carbons (Fsp3) is 0.429. The molecular weight excluding hydrogens is 296 g/mol. The van der Waals surface area contributed by atoms with Gasteiger partial charge < -0.3 is 20.5 Å². The molecule has 1 atom stereocenters. The molecule has 0 aliphatic heterocycles. The van der Waals surface area contributed by atoms with E-state index in [1.54, 1.807) is 24.3 Å². The van der Waals surface area contributed by atoms with Gasteiger partial charge in [-0.2, -0.15) is 0 Å². The number of halogens is 1. The number of hydrogen-bond acceptors (Lipinski definition) is 5. The molecule has 1 unspecified atom stereocenters. The number of esters is 1. The predicted octanol–water partition coefficient (Wildman–Crippen LogP) is 1.73. The molecule has 0 aromatic heterocycles. The van der Waals surface area contributed by atoms with Crippen molar-refractivity contribution in [2.24, 2.45) is 5.73 Å². The maximum absolute atomic E-state index is 11.7. The Kier molecular flexibility index (Phi) is 9.16. The number of ether oxygens (including phenoxy) is 2. The Bertz CT molecular complexity index is 466. The van der Waals surface area contributed by atoms with E-state index >= 15 is 0 Å². The highest BCUT2D eigenvalue weighted by atomic mass is 35.5. The zero-order valence-corrected chi connectivity index (χ0v) is 12.9. The van der Waals surface area contributed by atoms with Gasteiger partial charge in [-0.15, -0.1) is 12.4 Å². The van der Waals surface area contributed by atoms with Crippen LogP contribution < -0.4 is 15.8 Å². The van der Waals surface area contributed by atoms with Crippen molar-refractivity contribution in [2.75, 3.05) is 19.0 Å². The fourth-order valence-corrected chi connectivity index (χ4v) is 1.45. The van der Waals surface area contributed by atoms with Crippen LogP contribution in [0.1, 0.15) is 19.8 Å². The van der Waals surface area contributed by atoms with Gasteiger partial charge in [0.25, 0.3) is 0 Å². The van der Waals surface area contributed by atoms with Gasteiger partial charge in [-0.25, -0.2) is 4.79 Å². The van der Waals surface area contributed by atoms with E-state index in [9.17, 15) is 9.59 Å². The van der Waals surface area contributed by atoms with Crippen LogP contribution in [0.25, 0.3) is 0 Å². The third-order valence-electron chi connectivity index (χ3n) is 2.53. The SMILES string of the molecule is COC(=O)COc1cccc(NC(=O)CCC(C)N)c1.Cl. The molecule has 1 aromatic carbocycles. The first kappa shape index (κ1) is 19.2. The monoisotopic (exact) mass is 316 g/mol. The lowest BCUT2D eigenvalue weighted by Gasteiger charge is -2.09. The Hall–Kier alpha value is -1.79. The second-order valence-electron chi connectivity index (χ2n) is 4.46. The van der Waals surface area contributed by atoms with Crippen LogP contribution in [-0.4, -0.2) is 31.6 Å². The summed E-state index contributed by atoms with van der Waals surface area (Å²) in [6.07, 6.45) is 0.995. The van der Waals surface area contributed by atoms with Crippen molar-refractivity contribution >= 4 is 30.0 Å². The van der Waals surface area contributed by atoms with Crippen LogP contribution in [0.4, 0.5) is 5.69 Å². The van der Waals surface area contributed by atoms with Gasteiger partial charge in [0, 0.05) is 24.2 Å². The first-order valence-corrected chi connectivity index (χ1v) is 6.36. The van der Waals surface area contributed by atoms with E-state index in [0.717, 1.165) is 0 Å². The molecule has 0 aliphatic rings. The molecule has 1 aromatic rings. The predicted molar refractivity (Wildman–Crippen MR) is 82.7 cm³/mol. The summed E-state index contributed by atoms with van der Waals surface area (Å²) in [5, 5.41) is 2.75. The Morgan fingerprint density at radius 3 is 2.71 bits per heavy atom.